The van der Waals surface area contributed by atoms with E-state index in [1.165, 1.54) is 11.0 Å². The van der Waals surface area contributed by atoms with E-state index >= 15 is 0 Å². The Bertz CT molecular complexity index is 1140. The number of alkyl halides is 1. The summed E-state index contributed by atoms with van der Waals surface area (Å²) in [5.74, 6) is 0.282. The first kappa shape index (κ1) is 28.8. The number of nitrogens with zero attached hydrogens (tertiary/aromatic N) is 2. The van der Waals surface area contributed by atoms with Crippen molar-refractivity contribution in [3.8, 4) is 16.9 Å². The first-order chi connectivity index (χ1) is 18.6. The lowest BCUT2D eigenvalue weighted by molar-refractivity contribution is -0.131. The van der Waals surface area contributed by atoms with E-state index in [2.05, 4.69) is 0 Å². The van der Waals surface area contributed by atoms with Gasteiger partial charge in [0.15, 0.2) is 0 Å². The minimum atomic E-state index is -1.02. The molecule has 3 unspecified atom stereocenters. The van der Waals surface area contributed by atoms with Crippen molar-refractivity contribution < 1.29 is 27.8 Å². The molecule has 0 aliphatic carbocycles. The highest BCUT2D eigenvalue weighted by molar-refractivity contribution is 5.82. The second-order valence-electron chi connectivity index (χ2n) is 10.9. The van der Waals surface area contributed by atoms with E-state index in [1.807, 2.05) is 45.0 Å². The third-order valence-electron chi connectivity index (χ3n) is 7.56. The smallest absolute Gasteiger partial charge is 0.410 e. The molecule has 2 fully saturated rings. The summed E-state index contributed by atoms with van der Waals surface area (Å²) in [5.41, 5.74) is 7.92. The van der Waals surface area contributed by atoms with Crippen molar-refractivity contribution in [3.63, 3.8) is 0 Å². The molecule has 7 nitrogen and oxygen atoms in total. The molecule has 3 atom stereocenters. The number of amides is 2. The van der Waals surface area contributed by atoms with Gasteiger partial charge in [0.05, 0.1) is 24.8 Å². The molecule has 9 heteroatoms. The molecule has 2 saturated heterocycles. The second kappa shape index (κ2) is 12.8. The van der Waals surface area contributed by atoms with Gasteiger partial charge in [0.2, 0.25) is 5.91 Å². The van der Waals surface area contributed by atoms with Gasteiger partial charge in [0, 0.05) is 19.6 Å². The van der Waals surface area contributed by atoms with E-state index in [1.54, 1.807) is 17.0 Å². The highest BCUT2D eigenvalue weighted by atomic mass is 19.1. The molecule has 2 aromatic carbocycles. The number of piperidine rings is 1. The minimum Gasteiger partial charge on any atom is -0.490 e. The molecule has 39 heavy (non-hydrogen) atoms. The average Bonchev–Trinajstić information content (AvgIpc) is 3.35. The van der Waals surface area contributed by atoms with Crippen LogP contribution in [0.5, 0.6) is 5.75 Å². The van der Waals surface area contributed by atoms with Crippen molar-refractivity contribution in [1.82, 2.24) is 9.80 Å². The fourth-order valence-electron chi connectivity index (χ4n) is 5.23. The van der Waals surface area contributed by atoms with Gasteiger partial charge in [0.25, 0.3) is 0 Å². The van der Waals surface area contributed by atoms with E-state index in [4.69, 9.17) is 15.2 Å². The maximum Gasteiger partial charge on any atom is 0.410 e. The highest BCUT2D eigenvalue weighted by Crippen LogP contribution is 2.28. The molecular formula is C30H39F2N3O4. The van der Waals surface area contributed by atoms with Gasteiger partial charge in [-0.2, -0.15) is 0 Å². The summed E-state index contributed by atoms with van der Waals surface area (Å²) >= 11 is 0. The fourth-order valence-corrected chi connectivity index (χ4v) is 5.23. The van der Waals surface area contributed by atoms with Crippen LogP contribution in [0.4, 0.5) is 13.6 Å². The predicted molar refractivity (Wildman–Crippen MR) is 146 cm³/mol. The normalized spacial score (nSPS) is 19.7. The number of hydrogen-bond acceptors (Lipinski definition) is 5. The zero-order chi connectivity index (χ0) is 28.1. The molecule has 2 aliphatic heterocycles. The number of carbonyl (C=O) groups excluding carboxylic acids is 2. The molecule has 2 aliphatic rings. The van der Waals surface area contributed by atoms with E-state index in [0.717, 1.165) is 24.2 Å². The van der Waals surface area contributed by atoms with E-state index in [9.17, 15) is 18.4 Å². The number of likely N-dealkylation sites (tertiary alicyclic amines) is 2. The lowest BCUT2D eigenvalue weighted by Crippen LogP contribution is -2.44. The van der Waals surface area contributed by atoms with Gasteiger partial charge in [-0.15, -0.1) is 0 Å². The lowest BCUT2D eigenvalue weighted by atomic mass is 9.92. The topological polar surface area (TPSA) is 85.1 Å². The van der Waals surface area contributed by atoms with Crippen LogP contribution in [-0.2, 0) is 16.0 Å². The predicted octanol–water partition coefficient (Wildman–Crippen LogP) is 4.96. The van der Waals surface area contributed by atoms with Crippen molar-refractivity contribution >= 4 is 12.0 Å². The van der Waals surface area contributed by atoms with Gasteiger partial charge >= 0.3 is 6.09 Å². The molecule has 0 spiro atoms. The molecule has 2 N–H and O–H groups in total. The maximum absolute atomic E-state index is 14.9. The summed E-state index contributed by atoms with van der Waals surface area (Å²) in [6, 6.07) is 11.5. The van der Waals surface area contributed by atoms with Gasteiger partial charge in [-0.25, -0.2) is 13.6 Å². The van der Waals surface area contributed by atoms with Crippen LogP contribution < -0.4 is 10.5 Å². The van der Waals surface area contributed by atoms with E-state index in [0.29, 0.717) is 43.1 Å². The summed E-state index contributed by atoms with van der Waals surface area (Å²) in [7, 11) is 0. The number of hydrogen-bond donors (Lipinski definition) is 1. The van der Waals surface area contributed by atoms with Crippen LogP contribution in [0.15, 0.2) is 42.5 Å². The van der Waals surface area contributed by atoms with Gasteiger partial charge in [-0.1, -0.05) is 24.3 Å². The number of ether oxygens (including phenoxy) is 2. The standard InChI is InChI=1S/C30H39F2N3O4/c1-19(2)38-30(37)34-13-10-21(11-14-34)20(3)39-26-8-6-22(7-9-26)23-4-5-24(27(32)16-23)17-28(33)29(36)35-15-12-25(31)18-35/h4-9,16,19-21,25,28H,10-15,17-18,33H2,1-3H3. The third kappa shape index (κ3) is 7.47. The Morgan fingerprint density at radius 3 is 2.21 bits per heavy atom. The number of benzene rings is 2. The molecule has 212 valence electrons. The van der Waals surface area contributed by atoms with E-state index < -0.39 is 18.0 Å². The Labute approximate surface area is 229 Å². The van der Waals surface area contributed by atoms with Crippen LogP contribution in [0.3, 0.4) is 0 Å². The first-order valence-electron chi connectivity index (χ1n) is 13.8. The van der Waals surface area contributed by atoms with Crippen LogP contribution in [0, 0.1) is 11.7 Å². The molecule has 0 aromatic heterocycles. The molecule has 2 heterocycles. The lowest BCUT2D eigenvalue weighted by Gasteiger charge is -2.34. The van der Waals surface area contributed by atoms with Gasteiger partial charge < -0.3 is 25.0 Å². The molecule has 2 aromatic rings. The zero-order valence-electron chi connectivity index (χ0n) is 22.9. The number of rotatable bonds is 8. The summed E-state index contributed by atoms with van der Waals surface area (Å²) in [5, 5.41) is 0. The van der Waals surface area contributed by atoms with Gasteiger partial charge in [-0.05, 0) is 87.3 Å². The molecule has 2 amide bonds. The van der Waals surface area contributed by atoms with Crippen molar-refractivity contribution in [2.24, 2.45) is 11.7 Å². The van der Waals surface area contributed by atoms with Crippen molar-refractivity contribution in [2.45, 2.75) is 70.9 Å². The Balaban J connectivity index is 1.29. The van der Waals surface area contributed by atoms with Crippen molar-refractivity contribution in [2.75, 3.05) is 26.2 Å². The molecule has 0 bridgehead atoms. The van der Waals surface area contributed by atoms with Crippen molar-refractivity contribution in [1.29, 1.82) is 0 Å². The Morgan fingerprint density at radius 2 is 1.62 bits per heavy atom. The Morgan fingerprint density at radius 1 is 0.974 bits per heavy atom. The van der Waals surface area contributed by atoms with Crippen LogP contribution in [-0.4, -0.2) is 72.4 Å². The summed E-state index contributed by atoms with van der Waals surface area (Å²) < 4.78 is 39.8. The van der Waals surface area contributed by atoms with E-state index in [-0.39, 0.29) is 37.2 Å². The summed E-state index contributed by atoms with van der Waals surface area (Å²) in [6.07, 6.45) is 0.657. The highest BCUT2D eigenvalue weighted by Gasteiger charge is 2.30. The Kier molecular flexibility index (Phi) is 9.43. The van der Waals surface area contributed by atoms with Crippen LogP contribution in [0.25, 0.3) is 11.1 Å². The van der Waals surface area contributed by atoms with Gasteiger partial charge in [0.1, 0.15) is 17.7 Å². The SMILES string of the molecule is CC(C)OC(=O)N1CCC(C(C)Oc2ccc(-c3ccc(CC(N)C(=O)N4CCC(F)C4)c(F)c3)cc2)CC1. The first-order valence-corrected chi connectivity index (χ1v) is 13.8. The van der Waals surface area contributed by atoms with Gasteiger partial charge in [-0.3, -0.25) is 4.79 Å². The second-order valence-corrected chi connectivity index (χ2v) is 10.9. The largest absolute Gasteiger partial charge is 0.490 e. The number of nitrogens with two attached hydrogens (primary N) is 1. The fraction of sp³-hybridized carbons (Fsp3) is 0.533. The number of carbonyl (C=O) groups is 2. The molecular weight excluding hydrogens is 504 g/mol. The Hall–Kier alpha value is -3.20. The zero-order valence-corrected chi connectivity index (χ0v) is 22.9. The minimum absolute atomic E-state index is 0.0147. The quantitative estimate of drug-likeness (QED) is 0.509. The van der Waals surface area contributed by atoms with Crippen LogP contribution in [0.2, 0.25) is 0 Å². The monoisotopic (exact) mass is 543 g/mol. The third-order valence-corrected chi connectivity index (χ3v) is 7.56. The van der Waals surface area contributed by atoms with Crippen molar-refractivity contribution in [3.05, 3.63) is 53.8 Å². The van der Waals surface area contributed by atoms with Crippen LogP contribution in [0.1, 0.15) is 45.6 Å². The maximum atomic E-state index is 14.9. The van der Waals surface area contributed by atoms with Crippen LogP contribution >= 0.6 is 0 Å². The molecule has 4 rings (SSSR count). The number of halogens is 2. The summed E-state index contributed by atoms with van der Waals surface area (Å²) in [4.78, 5) is 27.7. The summed E-state index contributed by atoms with van der Waals surface area (Å²) in [6.45, 7) is 7.45. The molecule has 0 saturated carbocycles. The molecule has 0 radical (unpaired) electrons. The average molecular weight is 544 g/mol.